The molecule has 5 nitrogen and oxygen atoms in total. The van der Waals surface area contributed by atoms with Gasteiger partial charge in [-0.25, -0.2) is 8.42 Å². The first kappa shape index (κ1) is 17.1. The fraction of sp³-hybridized carbons (Fsp3) is 0.222. The minimum absolute atomic E-state index is 0. The third kappa shape index (κ3) is 6.54. The van der Waals surface area contributed by atoms with Gasteiger partial charge in [-0.15, -0.1) is 0 Å². The van der Waals surface area contributed by atoms with Gasteiger partial charge in [-0.2, -0.15) is 0 Å². The fourth-order valence-corrected chi connectivity index (χ4v) is 1.67. The van der Waals surface area contributed by atoms with Crippen LogP contribution in [0.2, 0.25) is 0 Å². The molecule has 17 heavy (non-hydrogen) atoms. The summed E-state index contributed by atoms with van der Waals surface area (Å²) in [7, 11) is -4.23. The first-order chi connectivity index (χ1) is 7.40. The van der Waals surface area contributed by atoms with Gasteiger partial charge in [0.1, 0.15) is 5.75 Å². The van der Waals surface area contributed by atoms with Gasteiger partial charge in [0.05, 0.1) is 26.9 Å². The van der Waals surface area contributed by atoms with E-state index in [0.29, 0.717) is 10.0 Å². The predicted octanol–water partition coefficient (Wildman–Crippen LogP) is -1.88. The van der Waals surface area contributed by atoms with E-state index >= 15 is 0 Å². The molecule has 1 aromatic carbocycles. The number of phenolic OH excluding ortho intramolecular Hbond substituents is 1. The molecule has 1 N–H and O–H groups in total. The molecular weight excluding hydrogens is 321 g/mol. The first-order valence-electron chi connectivity index (χ1n) is 4.31. The fourth-order valence-electron chi connectivity index (χ4n) is 0.964. The van der Waals surface area contributed by atoms with Gasteiger partial charge < -0.3 is 9.66 Å². The second-order valence-corrected chi connectivity index (χ2v) is 5.35. The predicted molar refractivity (Wildman–Crippen MR) is 62.8 cm³/mol. The first-order valence-corrected chi connectivity index (χ1v) is 6.68. The summed E-state index contributed by atoms with van der Waals surface area (Å²) in [6.07, 6.45) is 1.32. The summed E-state index contributed by atoms with van der Waals surface area (Å²) in [4.78, 5) is 3.74. The zero-order valence-corrected chi connectivity index (χ0v) is 13.5. The van der Waals surface area contributed by atoms with Gasteiger partial charge in [0, 0.05) is 11.8 Å². The van der Waals surface area contributed by atoms with Gasteiger partial charge in [-0.05, 0) is 28.1 Å². The van der Waals surface area contributed by atoms with Crippen LogP contribution in [0.25, 0.3) is 0 Å². The van der Waals surface area contributed by atoms with E-state index in [1.807, 2.05) is 0 Å². The average molecular weight is 330 g/mol. The van der Waals surface area contributed by atoms with E-state index in [1.165, 1.54) is 6.21 Å². The molecule has 0 heterocycles. The molecule has 0 amide bonds. The van der Waals surface area contributed by atoms with Crippen LogP contribution in [0.4, 0.5) is 0 Å². The molecule has 0 fully saturated rings. The molecule has 0 aliphatic heterocycles. The zero-order chi connectivity index (χ0) is 12.2. The standard InChI is InChI=1S/C9H10BrNO4S.Na/c10-8-3-1-2-7(9(8)12)6-11-4-5-16(13,14)15;/h1-3,6,12H,4-5H2,(H,13,14,15);/q;+1/p-1. The minimum atomic E-state index is -4.23. The topological polar surface area (TPSA) is 89.8 Å². The van der Waals surface area contributed by atoms with Crippen molar-refractivity contribution in [2.75, 3.05) is 12.3 Å². The van der Waals surface area contributed by atoms with Crippen LogP contribution in [-0.4, -0.2) is 36.6 Å². The Morgan fingerprint density at radius 3 is 2.71 bits per heavy atom. The Balaban J connectivity index is 0.00000256. The number of aliphatic imine (C=N–C) groups is 1. The van der Waals surface area contributed by atoms with Gasteiger partial charge >= 0.3 is 29.6 Å². The largest absolute Gasteiger partial charge is 1.00 e. The molecule has 1 aromatic rings. The monoisotopic (exact) mass is 329 g/mol. The normalized spacial score (nSPS) is 11.4. The third-order valence-electron chi connectivity index (χ3n) is 1.72. The second-order valence-electron chi connectivity index (χ2n) is 2.97. The summed E-state index contributed by atoms with van der Waals surface area (Å²) in [5.41, 5.74) is 0.456. The molecule has 0 radical (unpaired) electrons. The molecule has 1 rings (SSSR count). The Labute approximate surface area is 130 Å². The Morgan fingerprint density at radius 2 is 2.12 bits per heavy atom. The molecule has 0 saturated carbocycles. The molecule has 0 bridgehead atoms. The number of phenols is 1. The van der Waals surface area contributed by atoms with E-state index in [-0.39, 0.29) is 41.9 Å². The van der Waals surface area contributed by atoms with E-state index in [2.05, 4.69) is 20.9 Å². The summed E-state index contributed by atoms with van der Waals surface area (Å²) < 4.78 is 31.4. The third-order valence-corrected chi connectivity index (χ3v) is 3.04. The van der Waals surface area contributed by atoms with Crippen molar-refractivity contribution in [3.05, 3.63) is 28.2 Å². The van der Waals surface area contributed by atoms with E-state index in [0.717, 1.165) is 0 Å². The van der Waals surface area contributed by atoms with Crippen molar-refractivity contribution in [1.82, 2.24) is 0 Å². The van der Waals surface area contributed by atoms with Crippen LogP contribution in [0.5, 0.6) is 5.75 Å². The molecule has 0 unspecified atom stereocenters. The Bertz CT molecular complexity index is 504. The van der Waals surface area contributed by atoms with E-state index in [4.69, 9.17) is 0 Å². The molecule has 0 spiro atoms. The second kappa shape index (κ2) is 7.50. The van der Waals surface area contributed by atoms with Crippen LogP contribution >= 0.6 is 15.9 Å². The number of hydrogen-bond donors (Lipinski definition) is 1. The van der Waals surface area contributed by atoms with Crippen molar-refractivity contribution >= 4 is 32.3 Å². The summed E-state index contributed by atoms with van der Waals surface area (Å²) in [5, 5.41) is 9.54. The molecule has 8 heteroatoms. The van der Waals surface area contributed by atoms with E-state index in [1.54, 1.807) is 18.2 Å². The van der Waals surface area contributed by atoms with Crippen LogP contribution < -0.4 is 29.6 Å². The summed E-state index contributed by atoms with van der Waals surface area (Å²) in [5.74, 6) is -0.519. The van der Waals surface area contributed by atoms with Crippen molar-refractivity contribution < 1.29 is 47.6 Å². The Hall–Kier alpha value is 0.0800. The van der Waals surface area contributed by atoms with Crippen LogP contribution in [0.3, 0.4) is 0 Å². The molecule has 0 aromatic heterocycles. The zero-order valence-electron chi connectivity index (χ0n) is 9.13. The smallest absolute Gasteiger partial charge is 0.748 e. The maximum atomic E-state index is 10.3. The number of nitrogens with zero attached hydrogens (tertiary/aromatic N) is 1. The molecule has 0 aliphatic rings. The number of rotatable bonds is 4. The SMILES string of the molecule is O=S(=O)([O-])CCN=Cc1cccc(Br)c1O.[Na+]. The quantitative estimate of drug-likeness (QED) is 0.398. The van der Waals surface area contributed by atoms with Crippen molar-refractivity contribution in [1.29, 1.82) is 0 Å². The van der Waals surface area contributed by atoms with Crippen molar-refractivity contribution in [3.63, 3.8) is 0 Å². The van der Waals surface area contributed by atoms with Gasteiger partial charge in [-0.1, -0.05) is 6.07 Å². The number of para-hydroxylation sites is 1. The van der Waals surface area contributed by atoms with Crippen LogP contribution in [-0.2, 0) is 10.1 Å². The van der Waals surface area contributed by atoms with Gasteiger partial charge in [-0.3, -0.25) is 4.99 Å². The Kier molecular flexibility index (Phi) is 7.54. The van der Waals surface area contributed by atoms with Gasteiger partial charge in [0.2, 0.25) is 0 Å². The number of aromatic hydroxyl groups is 1. The van der Waals surface area contributed by atoms with Crippen LogP contribution in [0, 0.1) is 0 Å². The maximum Gasteiger partial charge on any atom is 1.00 e. The summed E-state index contributed by atoms with van der Waals surface area (Å²) >= 11 is 3.13. The Morgan fingerprint density at radius 1 is 1.47 bits per heavy atom. The number of benzene rings is 1. The summed E-state index contributed by atoms with van der Waals surface area (Å²) in [6, 6.07) is 4.99. The molecule has 0 atom stereocenters. The van der Waals surface area contributed by atoms with Crippen molar-refractivity contribution in [2.24, 2.45) is 4.99 Å². The molecule has 0 aliphatic carbocycles. The average Bonchev–Trinajstić information content (AvgIpc) is 2.17. The van der Waals surface area contributed by atoms with Crippen LogP contribution in [0.1, 0.15) is 5.56 Å². The van der Waals surface area contributed by atoms with Crippen molar-refractivity contribution in [2.45, 2.75) is 0 Å². The molecule has 88 valence electrons. The van der Waals surface area contributed by atoms with Crippen molar-refractivity contribution in [3.8, 4) is 5.75 Å². The van der Waals surface area contributed by atoms with Crippen LogP contribution in [0.15, 0.2) is 27.7 Å². The number of hydrogen-bond acceptors (Lipinski definition) is 5. The minimum Gasteiger partial charge on any atom is -0.748 e. The van der Waals surface area contributed by atoms with E-state index < -0.39 is 15.9 Å². The number of halogens is 1. The maximum absolute atomic E-state index is 10.3. The van der Waals surface area contributed by atoms with Gasteiger partial charge in [0.15, 0.2) is 0 Å². The van der Waals surface area contributed by atoms with E-state index in [9.17, 15) is 18.1 Å². The summed E-state index contributed by atoms with van der Waals surface area (Å²) in [6.45, 7) is -0.113. The molecule has 0 saturated heterocycles. The molecular formula is C9H9BrNNaO4S. The van der Waals surface area contributed by atoms with Gasteiger partial charge in [0.25, 0.3) is 0 Å².